The van der Waals surface area contributed by atoms with Crippen LogP contribution in [0.15, 0.2) is 24.4 Å². The molecule has 1 atom stereocenters. The number of aliphatic hydroxyl groups excluding tert-OH is 1. The van der Waals surface area contributed by atoms with Gasteiger partial charge in [-0.1, -0.05) is 17.7 Å². The van der Waals surface area contributed by atoms with E-state index in [1.54, 1.807) is 6.07 Å². The Bertz CT molecular complexity index is 478. The first kappa shape index (κ1) is 11.4. The van der Waals surface area contributed by atoms with Crippen LogP contribution in [0, 0.1) is 5.82 Å². The smallest absolute Gasteiger partial charge is 0.124 e. The number of rotatable bonds is 3. The Morgan fingerprint density at radius 3 is 2.94 bits per heavy atom. The van der Waals surface area contributed by atoms with E-state index >= 15 is 0 Å². The van der Waals surface area contributed by atoms with Crippen LogP contribution in [0.3, 0.4) is 0 Å². The van der Waals surface area contributed by atoms with Gasteiger partial charge in [0.2, 0.25) is 0 Å². The van der Waals surface area contributed by atoms with E-state index in [0.717, 1.165) is 11.7 Å². The third-order valence-electron chi connectivity index (χ3n) is 2.15. The molecule has 0 amide bonds. The Balaban J connectivity index is 2.15. The molecule has 0 bridgehead atoms. The van der Waals surface area contributed by atoms with Gasteiger partial charge in [-0.2, -0.15) is 8.75 Å². The van der Waals surface area contributed by atoms with Crippen LogP contribution in [-0.4, -0.2) is 13.9 Å². The number of benzene rings is 1. The maximum Gasteiger partial charge on any atom is 0.124 e. The summed E-state index contributed by atoms with van der Waals surface area (Å²) in [4.78, 5) is 0. The summed E-state index contributed by atoms with van der Waals surface area (Å²) in [6, 6.07) is 4.09. The molecule has 2 aromatic rings. The standard InChI is InChI=1S/C10H8ClFN2OS/c11-8-4-7(12)2-1-6(8)3-10(15)9-5-13-16-14-9/h1-2,4-5,10,15H,3H2. The zero-order chi connectivity index (χ0) is 11.5. The second kappa shape index (κ2) is 4.86. The third-order valence-corrected chi connectivity index (χ3v) is 2.99. The summed E-state index contributed by atoms with van der Waals surface area (Å²) in [5, 5.41) is 10.1. The van der Waals surface area contributed by atoms with Crippen LogP contribution >= 0.6 is 23.3 Å². The minimum atomic E-state index is -0.762. The Hall–Kier alpha value is -1.04. The first-order valence-corrected chi connectivity index (χ1v) is 5.67. The summed E-state index contributed by atoms with van der Waals surface area (Å²) in [5.41, 5.74) is 1.19. The fraction of sp³-hybridized carbons (Fsp3) is 0.200. The van der Waals surface area contributed by atoms with Gasteiger partial charge in [-0.3, -0.25) is 0 Å². The van der Waals surface area contributed by atoms with E-state index in [9.17, 15) is 9.50 Å². The van der Waals surface area contributed by atoms with E-state index in [2.05, 4.69) is 8.75 Å². The number of nitrogens with zero attached hydrogens (tertiary/aromatic N) is 2. The predicted molar refractivity (Wildman–Crippen MR) is 60.0 cm³/mol. The summed E-state index contributed by atoms with van der Waals surface area (Å²) in [7, 11) is 0. The highest BCUT2D eigenvalue weighted by atomic mass is 35.5. The quantitative estimate of drug-likeness (QED) is 0.921. The average molecular weight is 259 g/mol. The SMILES string of the molecule is OC(Cc1ccc(F)cc1Cl)c1cnsn1. The molecule has 1 aromatic carbocycles. The van der Waals surface area contributed by atoms with E-state index in [0.29, 0.717) is 22.7 Å². The van der Waals surface area contributed by atoms with Gasteiger partial charge < -0.3 is 5.11 Å². The molecule has 0 fully saturated rings. The first-order valence-electron chi connectivity index (χ1n) is 4.56. The van der Waals surface area contributed by atoms with Crippen LogP contribution in [0.25, 0.3) is 0 Å². The fourth-order valence-electron chi connectivity index (χ4n) is 1.32. The van der Waals surface area contributed by atoms with Crippen molar-refractivity contribution in [1.29, 1.82) is 0 Å². The van der Waals surface area contributed by atoms with Gasteiger partial charge in [0.15, 0.2) is 0 Å². The van der Waals surface area contributed by atoms with E-state index < -0.39 is 11.9 Å². The lowest BCUT2D eigenvalue weighted by molar-refractivity contribution is 0.174. The molecule has 1 N–H and O–H groups in total. The highest BCUT2D eigenvalue weighted by molar-refractivity contribution is 6.99. The van der Waals surface area contributed by atoms with E-state index in [1.165, 1.54) is 18.3 Å². The molecule has 0 aliphatic carbocycles. The van der Waals surface area contributed by atoms with Crippen LogP contribution in [0.1, 0.15) is 17.4 Å². The highest BCUT2D eigenvalue weighted by Gasteiger charge is 2.13. The molecule has 1 unspecified atom stereocenters. The number of aliphatic hydroxyl groups is 1. The molecule has 0 aliphatic heterocycles. The average Bonchev–Trinajstić information content (AvgIpc) is 2.75. The highest BCUT2D eigenvalue weighted by Crippen LogP contribution is 2.23. The zero-order valence-electron chi connectivity index (χ0n) is 8.10. The molecule has 3 nitrogen and oxygen atoms in total. The Morgan fingerprint density at radius 1 is 1.50 bits per heavy atom. The summed E-state index contributed by atoms with van der Waals surface area (Å²) in [6.07, 6.45) is 1.04. The second-order valence-electron chi connectivity index (χ2n) is 3.29. The molecule has 0 aliphatic rings. The predicted octanol–water partition coefficient (Wildman–Crippen LogP) is 2.61. The number of halogens is 2. The van der Waals surface area contributed by atoms with Gasteiger partial charge in [0.1, 0.15) is 17.6 Å². The molecule has 6 heteroatoms. The Labute approximate surface area is 101 Å². The van der Waals surface area contributed by atoms with E-state index in [1.807, 2.05) is 0 Å². The van der Waals surface area contributed by atoms with Crippen molar-refractivity contribution < 1.29 is 9.50 Å². The topological polar surface area (TPSA) is 46.0 Å². The Morgan fingerprint density at radius 2 is 2.31 bits per heavy atom. The molecular formula is C10H8ClFN2OS. The van der Waals surface area contributed by atoms with Gasteiger partial charge in [-0.05, 0) is 17.7 Å². The molecule has 1 aromatic heterocycles. The zero-order valence-corrected chi connectivity index (χ0v) is 9.67. The van der Waals surface area contributed by atoms with Gasteiger partial charge in [0.25, 0.3) is 0 Å². The van der Waals surface area contributed by atoms with Crippen LogP contribution in [0.4, 0.5) is 4.39 Å². The lowest BCUT2D eigenvalue weighted by Crippen LogP contribution is -2.02. The van der Waals surface area contributed by atoms with Gasteiger partial charge in [-0.25, -0.2) is 4.39 Å². The molecule has 1 heterocycles. The molecule has 0 spiro atoms. The fourth-order valence-corrected chi connectivity index (χ4v) is 2.03. The summed E-state index contributed by atoms with van der Waals surface area (Å²) in [6.45, 7) is 0. The van der Waals surface area contributed by atoms with Crippen molar-refractivity contribution in [3.63, 3.8) is 0 Å². The minimum absolute atomic E-state index is 0.296. The second-order valence-corrected chi connectivity index (χ2v) is 4.25. The van der Waals surface area contributed by atoms with E-state index in [4.69, 9.17) is 11.6 Å². The lowest BCUT2D eigenvalue weighted by Gasteiger charge is -2.08. The van der Waals surface area contributed by atoms with Gasteiger partial charge in [0.05, 0.1) is 17.9 Å². The first-order chi connectivity index (χ1) is 7.66. The maximum atomic E-state index is 12.8. The van der Waals surface area contributed by atoms with Crippen LogP contribution < -0.4 is 0 Å². The monoisotopic (exact) mass is 258 g/mol. The van der Waals surface area contributed by atoms with Crippen molar-refractivity contribution in [2.24, 2.45) is 0 Å². The van der Waals surface area contributed by atoms with Crippen LogP contribution in [0.5, 0.6) is 0 Å². The summed E-state index contributed by atoms with van der Waals surface area (Å²) in [5.74, 6) is -0.390. The largest absolute Gasteiger partial charge is 0.386 e. The summed E-state index contributed by atoms with van der Waals surface area (Å²) >= 11 is 6.88. The number of aromatic nitrogens is 2. The Kier molecular flexibility index (Phi) is 3.48. The lowest BCUT2D eigenvalue weighted by atomic mass is 10.1. The molecule has 0 radical (unpaired) electrons. The number of hydrogen-bond donors (Lipinski definition) is 1. The molecule has 0 saturated carbocycles. The van der Waals surface area contributed by atoms with Crippen molar-refractivity contribution in [2.75, 3.05) is 0 Å². The summed E-state index contributed by atoms with van der Waals surface area (Å²) < 4.78 is 20.5. The maximum absolute atomic E-state index is 12.8. The minimum Gasteiger partial charge on any atom is -0.386 e. The van der Waals surface area contributed by atoms with Crippen LogP contribution in [-0.2, 0) is 6.42 Å². The van der Waals surface area contributed by atoms with Gasteiger partial charge in [-0.15, -0.1) is 0 Å². The molecule has 16 heavy (non-hydrogen) atoms. The van der Waals surface area contributed by atoms with Crippen LogP contribution in [0.2, 0.25) is 5.02 Å². The molecule has 0 saturated heterocycles. The van der Waals surface area contributed by atoms with Crippen molar-refractivity contribution in [2.45, 2.75) is 12.5 Å². The molecule has 84 valence electrons. The van der Waals surface area contributed by atoms with Crippen molar-refractivity contribution in [1.82, 2.24) is 8.75 Å². The number of hydrogen-bond acceptors (Lipinski definition) is 4. The van der Waals surface area contributed by atoms with Crippen molar-refractivity contribution in [3.8, 4) is 0 Å². The normalized spacial score (nSPS) is 12.7. The third kappa shape index (κ3) is 2.55. The van der Waals surface area contributed by atoms with Gasteiger partial charge >= 0.3 is 0 Å². The molecule has 2 rings (SSSR count). The van der Waals surface area contributed by atoms with Crippen molar-refractivity contribution >= 4 is 23.3 Å². The van der Waals surface area contributed by atoms with E-state index in [-0.39, 0.29) is 0 Å². The van der Waals surface area contributed by atoms with Crippen molar-refractivity contribution in [3.05, 3.63) is 46.5 Å². The van der Waals surface area contributed by atoms with Gasteiger partial charge in [0, 0.05) is 11.4 Å². The molecular weight excluding hydrogens is 251 g/mol.